The van der Waals surface area contributed by atoms with Gasteiger partial charge in [0.2, 0.25) is 0 Å². The molecular weight excluding hydrogens is 276 g/mol. The van der Waals surface area contributed by atoms with Crippen LogP contribution in [0.3, 0.4) is 0 Å². The number of nitrogens with zero attached hydrogens (tertiary/aromatic N) is 2. The van der Waals surface area contributed by atoms with Crippen LogP contribution in [0.5, 0.6) is 0 Å². The second-order valence-electron chi connectivity index (χ2n) is 5.98. The highest BCUT2D eigenvalue weighted by atomic mass is 79.9. The Morgan fingerprint density at radius 3 is 2.71 bits per heavy atom. The van der Waals surface area contributed by atoms with E-state index in [1.165, 1.54) is 51.7 Å². The Labute approximate surface area is 113 Å². The highest BCUT2D eigenvalue weighted by Crippen LogP contribution is 2.38. The van der Waals surface area contributed by atoms with Crippen LogP contribution in [0, 0.1) is 5.92 Å². The maximum atomic E-state index is 3.97. The minimum absolute atomic E-state index is 0.899. The van der Waals surface area contributed by atoms with Crippen LogP contribution in [0.1, 0.15) is 32.1 Å². The molecule has 1 saturated carbocycles. The maximum absolute atomic E-state index is 3.97. The van der Waals surface area contributed by atoms with Crippen molar-refractivity contribution in [1.82, 2.24) is 9.80 Å². The summed E-state index contributed by atoms with van der Waals surface area (Å²) in [5.41, 5.74) is 0. The minimum atomic E-state index is 0.899. The molecule has 17 heavy (non-hydrogen) atoms. The molecule has 0 aromatic carbocycles. The van der Waals surface area contributed by atoms with Gasteiger partial charge in [-0.3, -0.25) is 9.80 Å². The lowest BCUT2D eigenvalue weighted by atomic mass is 9.83. The van der Waals surface area contributed by atoms with Crippen LogP contribution in [0.25, 0.3) is 0 Å². The van der Waals surface area contributed by atoms with Crippen molar-refractivity contribution in [3.8, 4) is 0 Å². The van der Waals surface area contributed by atoms with Gasteiger partial charge in [0.25, 0.3) is 0 Å². The lowest BCUT2D eigenvalue weighted by Crippen LogP contribution is -2.54. The largest absolute Gasteiger partial charge is 0.298 e. The van der Waals surface area contributed by atoms with Crippen LogP contribution in [-0.4, -0.2) is 48.1 Å². The molecule has 3 aliphatic rings. The normalized spacial score (nSPS) is 35.6. The summed E-state index contributed by atoms with van der Waals surface area (Å²) in [7, 11) is 0. The molecule has 0 spiro atoms. The van der Waals surface area contributed by atoms with E-state index in [4.69, 9.17) is 0 Å². The van der Waals surface area contributed by atoms with Crippen molar-refractivity contribution in [2.75, 3.05) is 26.2 Å². The number of hydrogen-bond acceptors (Lipinski definition) is 2. The van der Waals surface area contributed by atoms with Gasteiger partial charge in [0.05, 0.1) is 0 Å². The van der Waals surface area contributed by atoms with Crippen LogP contribution in [0.15, 0.2) is 11.1 Å². The number of piperidine rings is 2. The number of rotatable bonds is 3. The van der Waals surface area contributed by atoms with E-state index in [1.807, 2.05) is 0 Å². The number of fused-ring (bicyclic) bond motifs is 1. The van der Waals surface area contributed by atoms with E-state index < -0.39 is 0 Å². The Kier molecular flexibility index (Phi) is 3.60. The summed E-state index contributed by atoms with van der Waals surface area (Å²) < 4.78 is 1.13. The predicted molar refractivity (Wildman–Crippen MR) is 75.4 cm³/mol. The standard InChI is InChI=1S/C14H23BrN2/c1-11(15)9-16-8-6-14-12(10-16)3-2-7-17(14)13-4-5-13/h12-14H,1-10H2/t12-,14+/m1/s1. The van der Waals surface area contributed by atoms with Gasteiger partial charge < -0.3 is 0 Å². The maximum Gasteiger partial charge on any atom is 0.0294 e. The second-order valence-corrected chi connectivity index (χ2v) is 7.10. The summed E-state index contributed by atoms with van der Waals surface area (Å²) >= 11 is 3.50. The lowest BCUT2D eigenvalue weighted by Gasteiger charge is -2.47. The van der Waals surface area contributed by atoms with Gasteiger partial charge in [-0.1, -0.05) is 22.5 Å². The molecule has 0 amide bonds. The molecule has 3 rings (SSSR count). The predicted octanol–water partition coefficient (Wildman–Crippen LogP) is 2.84. The topological polar surface area (TPSA) is 6.48 Å². The summed E-state index contributed by atoms with van der Waals surface area (Å²) in [5.74, 6) is 0.921. The lowest BCUT2D eigenvalue weighted by molar-refractivity contribution is 0.0216. The molecule has 2 atom stereocenters. The summed E-state index contributed by atoms with van der Waals surface area (Å²) in [6.45, 7) is 8.93. The van der Waals surface area contributed by atoms with Crippen molar-refractivity contribution in [3.63, 3.8) is 0 Å². The molecule has 2 aliphatic heterocycles. The Morgan fingerprint density at radius 2 is 2.00 bits per heavy atom. The van der Waals surface area contributed by atoms with E-state index in [0.717, 1.165) is 29.0 Å². The van der Waals surface area contributed by atoms with E-state index in [0.29, 0.717) is 0 Å². The zero-order valence-corrected chi connectivity index (χ0v) is 12.2. The SMILES string of the molecule is C=C(Br)CN1CC[C@H]2[C@H](CCCN2C2CC2)C1. The Hall–Kier alpha value is 0.140. The van der Waals surface area contributed by atoms with E-state index in [2.05, 4.69) is 32.3 Å². The van der Waals surface area contributed by atoms with E-state index in [1.54, 1.807) is 0 Å². The molecule has 0 bridgehead atoms. The molecule has 1 aliphatic carbocycles. The molecule has 0 aromatic rings. The molecule has 0 radical (unpaired) electrons. The van der Waals surface area contributed by atoms with E-state index >= 15 is 0 Å². The van der Waals surface area contributed by atoms with Crippen molar-refractivity contribution in [1.29, 1.82) is 0 Å². The van der Waals surface area contributed by atoms with Gasteiger partial charge in [-0.25, -0.2) is 0 Å². The summed E-state index contributed by atoms with van der Waals surface area (Å²) in [6, 6.07) is 1.86. The van der Waals surface area contributed by atoms with Gasteiger partial charge in [0.15, 0.2) is 0 Å². The average molecular weight is 299 g/mol. The third-order valence-electron chi connectivity index (χ3n) is 4.61. The Bertz CT molecular complexity index is 301. The Morgan fingerprint density at radius 1 is 1.18 bits per heavy atom. The van der Waals surface area contributed by atoms with Crippen molar-refractivity contribution >= 4 is 15.9 Å². The zero-order chi connectivity index (χ0) is 11.8. The van der Waals surface area contributed by atoms with Crippen LogP contribution < -0.4 is 0 Å². The summed E-state index contributed by atoms with van der Waals surface area (Å²) in [5, 5.41) is 0. The molecule has 2 saturated heterocycles. The van der Waals surface area contributed by atoms with Crippen LogP contribution in [0.2, 0.25) is 0 Å². The quantitative estimate of drug-likeness (QED) is 0.790. The first kappa shape index (κ1) is 12.2. The molecule has 2 heterocycles. The third kappa shape index (κ3) is 2.77. The minimum Gasteiger partial charge on any atom is -0.298 e. The van der Waals surface area contributed by atoms with Crippen molar-refractivity contribution in [2.24, 2.45) is 5.92 Å². The fourth-order valence-corrected chi connectivity index (χ4v) is 4.12. The highest BCUT2D eigenvalue weighted by Gasteiger charge is 2.41. The fraction of sp³-hybridized carbons (Fsp3) is 0.857. The third-order valence-corrected chi connectivity index (χ3v) is 4.86. The zero-order valence-electron chi connectivity index (χ0n) is 10.6. The van der Waals surface area contributed by atoms with E-state index in [9.17, 15) is 0 Å². The molecule has 96 valence electrons. The first-order chi connectivity index (χ1) is 8.24. The molecule has 3 heteroatoms. The molecule has 0 unspecified atom stereocenters. The molecule has 0 N–H and O–H groups in total. The van der Waals surface area contributed by atoms with Gasteiger partial charge in [0.1, 0.15) is 0 Å². The smallest absolute Gasteiger partial charge is 0.0294 e. The van der Waals surface area contributed by atoms with Crippen LogP contribution in [-0.2, 0) is 0 Å². The van der Waals surface area contributed by atoms with Crippen molar-refractivity contribution in [2.45, 2.75) is 44.2 Å². The highest BCUT2D eigenvalue weighted by molar-refractivity contribution is 9.11. The summed E-state index contributed by atoms with van der Waals surface area (Å²) in [6.07, 6.45) is 7.16. The summed E-state index contributed by atoms with van der Waals surface area (Å²) in [4.78, 5) is 5.42. The fourth-order valence-electron chi connectivity index (χ4n) is 3.76. The molecule has 0 aromatic heterocycles. The average Bonchev–Trinajstić information content (AvgIpc) is 3.11. The van der Waals surface area contributed by atoms with Gasteiger partial charge in [-0.05, 0) is 44.6 Å². The first-order valence-electron chi connectivity index (χ1n) is 7.05. The van der Waals surface area contributed by atoms with E-state index in [-0.39, 0.29) is 0 Å². The van der Waals surface area contributed by atoms with Gasteiger partial charge >= 0.3 is 0 Å². The number of hydrogen-bond donors (Lipinski definition) is 0. The monoisotopic (exact) mass is 298 g/mol. The Balaban J connectivity index is 1.61. The van der Waals surface area contributed by atoms with Crippen LogP contribution in [0.4, 0.5) is 0 Å². The molecular formula is C14H23BrN2. The van der Waals surface area contributed by atoms with Gasteiger partial charge in [-0.2, -0.15) is 0 Å². The second kappa shape index (κ2) is 5.02. The van der Waals surface area contributed by atoms with Crippen LogP contribution >= 0.6 is 15.9 Å². The number of halogens is 1. The van der Waals surface area contributed by atoms with Crippen molar-refractivity contribution in [3.05, 3.63) is 11.1 Å². The molecule has 2 nitrogen and oxygen atoms in total. The first-order valence-corrected chi connectivity index (χ1v) is 7.84. The number of likely N-dealkylation sites (tertiary alicyclic amines) is 2. The molecule has 3 fully saturated rings. The van der Waals surface area contributed by atoms with Crippen molar-refractivity contribution < 1.29 is 0 Å². The van der Waals surface area contributed by atoms with Gasteiger partial charge in [0, 0.05) is 36.2 Å². The van der Waals surface area contributed by atoms with Gasteiger partial charge in [-0.15, -0.1) is 0 Å².